The van der Waals surface area contributed by atoms with Crippen LogP contribution in [0, 0.1) is 5.92 Å². The largest absolute Gasteiger partial charge is 0.495 e. The van der Waals surface area contributed by atoms with Crippen molar-refractivity contribution in [2.45, 2.75) is 13.8 Å². The Hall–Kier alpha value is -4.52. The molecule has 7 nitrogen and oxygen atoms in total. The van der Waals surface area contributed by atoms with Crippen molar-refractivity contribution in [2.75, 3.05) is 55.0 Å². The molecular formula is C33H36N4O3. The van der Waals surface area contributed by atoms with E-state index in [1.807, 2.05) is 72.8 Å². The van der Waals surface area contributed by atoms with Gasteiger partial charge in [0.25, 0.3) is 11.8 Å². The number of hydrogen-bond donors (Lipinski definition) is 2. The molecule has 0 saturated carbocycles. The summed E-state index contributed by atoms with van der Waals surface area (Å²) >= 11 is 0. The second-order valence-corrected chi connectivity index (χ2v) is 10.5. The Morgan fingerprint density at radius 1 is 0.775 bits per heavy atom. The number of para-hydroxylation sites is 2. The van der Waals surface area contributed by atoms with Gasteiger partial charge in [0.05, 0.1) is 18.4 Å². The summed E-state index contributed by atoms with van der Waals surface area (Å²) in [4.78, 5) is 31.2. The van der Waals surface area contributed by atoms with E-state index in [1.54, 1.807) is 13.2 Å². The van der Waals surface area contributed by atoms with Crippen LogP contribution in [-0.4, -0.2) is 51.6 Å². The summed E-state index contributed by atoms with van der Waals surface area (Å²) < 4.78 is 5.56. The number of carbonyl (C=O) groups is 2. The highest BCUT2D eigenvalue weighted by atomic mass is 16.5. The minimum atomic E-state index is -0.205. The molecule has 0 radical (unpaired) electrons. The van der Waals surface area contributed by atoms with Crippen LogP contribution in [0.25, 0.3) is 10.8 Å². The predicted molar refractivity (Wildman–Crippen MR) is 163 cm³/mol. The van der Waals surface area contributed by atoms with Gasteiger partial charge in [0, 0.05) is 49.7 Å². The summed E-state index contributed by atoms with van der Waals surface area (Å²) in [6.07, 6.45) is 0. The lowest BCUT2D eigenvalue weighted by Gasteiger charge is -2.38. The molecule has 206 valence electrons. The molecule has 1 heterocycles. The maximum Gasteiger partial charge on any atom is 0.256 e. The zero-order valence-corrected chi connectivity index (χ0v) is 23.3. The number of rotatable bonds is 8. The van der Waals surface area contributed by atoms with Crippen LogP contribution in [0.4, 0.5) is 17.1 Å². The van der Waals surface area contributed by atoms with E-state index in [4.69, 9.17) is 4.74 Å². The molecule has 4 aromatic carbocycles. The molecule has 4 aromatic rings. The van der Waals surface area contributed by atoms with Gasteiger partial charge < -0.3 is 25.2 Å². The molecule has 1 saturated heterocycles. The first kappa shape index (κ1) is 27.1. The van der Waals surface area contributed by atoms with Gasteiger partial charge in [-0.05, 0) is 53.1 Å². The van der Waals surface area contributed by atoms with Gasteiger partial charge in [-0.1, -0.05) is 62.4 Å². The Morgan fingerprint density at radius 3 is 2.20 bits per heavy atom. The summed E-state index contributed by atoms with van der Waals surface area (Å²) in [6, 6.07) is 27.2. The Morgan fingerprint density at radius 2 is 1.45 bits per heavy atom. The zero-order valence-electron chi connectivity index (χ0n) is 23.3. The number of fused-ring (bicyclic) bond motifs is 1. The first-order chi connectivity index (χ1) is 19.4. The molecule has 0 aromatic heterocycles. The van der Waals surface area contributed by atoms with Crippen molar-refractivity contribution < 1.29 is 14.3 Å². The quantitative estimate of drug-likeness (QED) is 0.297. The molecule has 2 amide bonds. The number of nitrogens with one attached hydrogen (secondary N) is 2. The van der Waals surface area contributed by atoms with Gasteiger partial charge in [-0.25, -0.2) is 0 Å². The minimum absolute atomic E-state index is 0.142. The second kappa shape index (κ2) is 12.1. The monoisotopic (exact) mass is 536 g/mol. The van der Waals surface area contributed by atoms with E-state index in [0.29, 0.717) is 29.3 Å². The Labute approximate surface area is 235 Å². The maximum atomic E-state index is 13.4. The van der Waals surface area contributed by atoms with Crippen LogP contribution < -0.4 is 25.2 Å². The van der Waals surface area contributed by atoms with Gasteiger partial charge in [-0.2, -0.15) is 0 Å². The van der Waals surface area contributed by atoms with Gasteiger partial charge in [-0.3, -0.25) is 9.59 Å². The molecule has 5 rings (SSSR count). The summed E-state index contributed by atoms with van der Waals surface area (Å²) in [7, 11) is 1.69. The SMILES string of the molecule is COc1ccccc1N1CCN(c2ccc(NC(=O)c3cccc4ccccc34)cc2C(=O)NCC(C)C)CC1. The molecule has 7 heteroatoms. The van der Waals surface area contributed by atoms with E-state index >= 15 is 0 Å². The minimum Gasteiger partial charge on any atom is -0.495 e. The Balaban J connectivity index is 1.38. The molecule has 0 spiro atoms. The van der Waals surface area contributed by atoms with Crippen LogP contribution in [0.1, 0.15) is 34.6 Å². The zero-order chi connectivity index (χ0) is 28.1. The van der Waals surface area contributed by atoms with Crippen LogP contribution in [-0.2, 0) is 0 Å². The average Bonchev–Trinajstić information content (AvgIpc) is 2.99. The van der Waals surface area contributed by atoms with Crippen LogP contribution in [0.5, 0.6) is 5.75 Å². The number of amides is 2. The number of carbonyl (C=O) groups excluding carboxylic acids is 2. The Bertz CT molecular complexity index is 1500. The van der Waals surface area contributed by atoms with Gasteiger partial charge >= 0.3 is 0 Å². The third-order valence-electron chi connectivity index (χ3n) is 7.25. The van der Waals surface area contributed by atoms with Gasteiger partial charge in [-0.15, -0.1) is 0 Å². The number of methoxy groups -OCH3 is 1. The number of ether oxygens (including phenoxy) is 1. The number of piperazine rings is 1. The van der Waals surface area contributed by atoms with E-state index in [9.17, 15) is 9.59 Å². The smallest absolute Gasteiger partial charge is 0.256 e. The van der Waals surface area contributed by atoms with Gasteiger partial charge in [0.2, 0.25) is 0 Å². The molecule has 0 bridgehead atoms. The normalized spacial score (nSPS) is 13.4. The summed E-state index contributed by atoms with van der Waals surface area (Å²) in [5.74, 6) is 0.836. The van der Waals surface area contributed by atoms with E-state index in [2.05, 4.69) is 40.3 Å². The van der Waals surface area contributed by atoms with Crippen molar-refractivity contribution in [3.8, 4) is 5.75 Å². The van der Waals surface area contributed by atoms with Crippen molar-refractivity contribution in [1.82, 2.24) is 5.32 Å². The third-order valence-corrected chi connectivity index (χ3v) is 7.25. The molecular weight excluding hydrogens is 500 g/mol. The lowest BCUT2D eigenvalue weighted by atomic mass is 10.0. The van der Waals surface area contributed by atoms with Crippen LogP contribution in [0.15, 0.2) is 84.9 Å². The van der Waals surface area contributed by atoms with Crippen molar-refractivity contribution in [1.29, 1.82) is 0 Å². The lowest BCUT2D eigenvalue weighted by molar-refractivity contribution is 0.0948. The molecule has 1 fully saturated rings. The van der Waals surface area contributed by atoms with Crippen molar-refractivity contribution in [2.24, 2.45) is 5.92 Å². The van der Waals surface area contributed by atoms with E-state index in [1.165, 1.54) is 0 Å². The number of hydrogen-bond acceptors (Lipinski definition) is 5. The summed E-state index contributed by atoms with van der Waals surface area (Å²) in [6.45, 7) is 7.82. The van der Waals surface area contributed by atoms with Crippen LogP contribution >= 0.6 is 0 Å². The van der Waals surface area contributed by atoms with Crippen molar-refractivity contribution in [3.05, 3.63) is 96.1 Å². The third kappa shape index (κ3) is 5.88. The Kier molecular flexibility index (Phi) is 8.20. The van der Waals surface area contributed by atoms with Crippen molar-refractivity contribution >= 4 is 39.6 Å². The van der Waals surface area contributed by atoms with Gasteiger partial charge in [0.15, 0.2) is 0 Å². The number of benzene rings is 4. The van der Waals surface area contributed by atoms with E-state index in [0.717, 1.165) is 54.1 Å². The number of nitrogens with zero attached hydrogens (tertiary/aromatic N) is 2. The summed E-state index contributed by atoms with van der Waals surface area (Å²) in [5, 5.41) is 7.98. The predicted octanol–water partition coefficient (Wildman–Crippen LogP) is 5.81. The molecule has 40 heavy (non-hydrogen) atoms. The summed E-state index contributed by atoms with van der Waals surface area (Å²) in [5.41, 5.74) is 3.68. The molecule has 2 N–H and O–H groups in total. The standard InChI is InChI=1S/C33H36N4O3/c1-23(2)22-34-32(38)28-21-25(35-33(39)27-12-8-10-24-9-4-5-11-26(24)27)15-16-29(28)36-17-19-37(20-18-36)30-13-6-7-14-31(30)40-3/h4-16,21,23H,17-20,22H2,1-3H3,(H,34,38)(H,35,39). The highest BCUT2D eigenvalue weighted by molar-refractivity contribution is 6.13. The fourth-order valence-electron chi connectivity index (χ4n) is 5.16. The van der Waals surface area contributed by atoms with Gasteiger partial charge in [0.1, 0.15) is 5.75 Å². The first-order valence-electron chi connectivity index (χ1n) is 13.8. The second-order valence-electron chi connectivity index (χ2n) is 10.5. The highest BCUT2D eigenvalue weighted by Crippen LogP contribution is 2.31. The van der Waals surface area contributed by atoms with Crippen molar-refractivity contribution in [3.63, 3.8) is 0 Å². The van der Waals surface area contributed by atoms with E-state index < -0.39 is 0 Å². The molecule has 0 unspecified atom stereocenters. The fraction of sp³-hybridized carbons (Fsp3) is 0.273. The average molecular weight is 537 g/mol. The topological polar surface area (TPSA) is 73.9 Å². The van der Waals surface area contributed by atoms with E-state index in [-0.39, 0.29) is 11.8 Å². The molecule has 1 aliphatic heterocycles. The van der Waals surface area contributed by atoms with Crippen LogP contribution in [0.2, 0.25) is 0 Å². The van der Waals surface area contributed by atoms with Crippen LogP contribution in [0.3, 0.4) is 0 Å². The molecule has 0 atom stereocenters. The first-order valence-corrected chi connectivity index (χ1v) is 13.8. The number of anilines is 3. The maximum absolute atomic E-state index is 13.4. The lowest BCUT2D eigenvalue weighted by Crippen LogP contribution is -2.47. The highest BCUT2D eigenvalue weighted by Gasteiger charge is 2.24. The fourth-order valence-corrected chi connectivity index (χ4v) is 5.16. The molecule has 0 aliphatic carbocycles. The molecule has 1 aliphatic rings.